The van der Waals surface area contributed by atoms with Crippen molar-refractivity contribution in [1.82, 2.24) is 9.97 Å². The average molecular weight is 206 g/mol. The molecule has 0 saturated carbocycles. The fourth-order valence-electron chi connectivity index (χ4n) is 1.75. The molecule has 0 bridgehead atoms. The van der Waals surface area contributed by atoms with Crippen LogP contribution in [-0.2, 0) is 0 Å². The molecular weight excluding hydrogens is 196 g/mol. The summed E-state index contributed by atoms with van der Waals surface area (Å²) in [7, 11) is 0. The molecule has 2 heteroatoms. The Morgan fingerprint density at radius 2 is 1.69 bits per heavy atom. The monoisotopic (exact) mass is 206 g/mol. The molecule has 0 spiro atoms. The zero-order valence-electron chi connectivity index (χ0n) is 8.67. The molecule has 3 rings (SSSR count). The average Bonchev–Trinajstić information content (AvgIpc) is 2.39. The molecule has 2 heterocycles. The van der Waals surface area contributed by atoms with E-state index >= 15 is 0 Å². The first kappa shape index (κ1) is 9.04. The largest absolute Gasteiger partial charge is 0.264 e. The van der Waals surface area contributed by atoms with E-state index in [2.05, 4.69) is 28.2 Å². The molecule has 0 radical (unpaired) electrons. The van der Waals surface area contributed by atoms with Crippen molar-refractivity contribution >= 4 is 10.8 Å². The summed E-state index contributed by atoms with van der Waals surface area (Å²) in [6, 6.07) is 14.2. The molecule has 76 valence electrons. The van der Waals surface area contributed by atoms with Crippen LogP contribution in [0.3, 0.4) is 0 Å². The third-order valence-electron chi connectivity index (χ3n) is 2.59. The van der Waals surface area contributed by atoms with E-state index in [-0.39, 0.29) is 0 Å². The Kier molecular flexibility index (Phi) is 2.11. The minimum absolute atomic E-state index is 0.987. The molecule has 0 aliphatic heterocycles. The van der Waals surface area contributed by atoms with Crippen LogP contribution in [-0.4, -0.2) is 9.97 Å². The first-order chi connectivity index (χ1) is 7.93. The van der Waals surface area contributed by atoms with Gasteiger partial charge >= 0.3 is 0 Å². The van der Waals surface area contributed by atoms with Crippen molar-refractivity contribution < 1.29 is 0 Å². The lowest BCUT2D eigenvalue weighted by Crippen LogP contribution is -1.84. The van der Waals surface area contributed by atoms with Crippen LogP contribution in [0.4, 0.5) is 0 Å². The van der Waals surface area contributed by atoms with Gasteiger partial charge in [-0.25, -0.2) is 0 Å². The molecule has 2 aromatic heterocycles. The van der Waals surface area contributed by atoms with E-state index in [1.54, 1.807) is 6.20 Å². The maximum Gasteiger partial charge on any atom is 0.0708 e. The fraction of sp³-hybridized carbons (Fsp3) is 0. The molecule has 0 aliphatic carbocycles. The fourth-order valence-corrected chi connectivity index (χ4v) is 1.75. The Bertz CT molecular complexity index is 618. The van der Waals surface area contributed by atoms with Gasteiger partial charge in [0, 0.05) is 34.9 Å². The van der Waals surface area contributed by atoms with Crippen molar-refractivity contribution in [1.29, 1.82) is 0 Å². The highest BCUT2D eigenvalue weighted by atomic mass is 14.7. The van der Waals surface area contributed by atoms with E-state index in [0.29, 0.717) is 0 Å². The van der Waals surface area contributed by atoms with E-state index < -0.39 is 0 Å². The molecule has 0 fully saturated rings. The van der Waals surface area contributed by atoms with E-state index in [4.69, 9.17) is 0 Å². The van der Waals surface area contributed by atoms with Crippen molar-refractivity contribution in [3.63, 3.8) is 0 Å². The van der Waals surface area contributed by atoms with Crippen LogP contribution in [0.15, 0.2) is 61.1 Å². The van der Waals surface area contributed by atoms with Crippen LogP contribution in [0, 0.1) is 0 Å². The highest BCUT2D eigenvalue weighted by Gasteiger charge is 1.99. The summed E-state index contributed by atoms with van der Waals surface area (Å²) >= 11 is 0. The number of benzene rings is 1. The standard InChI is InChI=1S/C14H10N2/c1-2-4-11(5-3-1)14-8-13-9-15-7-6-12(13)10-16-14/h1-10H. The lowest BCUT2D eigenvalue weighted by molar-refractivity contribution is 1.32. The third-order valence-corrected chi connectivity index (χ3v) is 2.59. The van der Waals surface area contributed by atoms with Gasteiger partial charge in [-0.15, -0.1) is 0 Å². The molecule has 1 aromatic carbocycles. The number of pyridine rings is 2. The second-order valence-corrected chi connectivity index (χ2v) is 3.66. The van der Waals surface area contributed by atoms with Gasteiger partial charge < -0.3 is 0 Å². The molecule has 0 amide bonds. The zero-order chi connectivity index (χ0) is 10.8. The smallest absolute Gasteiger partial charge is 0.0708 e. The Labute approximate surface area is 93.6 Å². The molecule has 0 aliphatic rings. The number of rotatable bonds is 1. The van der Waals surface area contributed by atoms with Crippen LogP contribution < -0.4 is 0 Å². The van der Waals surface area contributed by atoms with Crippen molar-refractivity contribution in [2.45, 2.75) is 0 Å². The second kappa shape index (κ2) is 3.74. The number of nitrogens with zero attached hydrogens (tertiary/aromatic N) is 2. The number of hydrogen-bond donors (Lipinski definition) is 0. The Morgan fingerprint density at radius 3 is 2.56 bits per heavy atom. The molecule has 3 aromatic rings. The summed E-state index contributed by atoms with van der Waals surface area (Å²) < 4.78 is 0. The summed E-state index contributed by atoms with van der Waals surface area (Å²) in [5, 5.41) is 2.24. The lowest BCUT2D eigenvalue weighted by Gasteiger charge is -2.02. The Hall–Kier alpha value is -2.22. The summed E-state index contributed by atoms with van der Waals surface area (Å²) in [6.07, 6.45) is 5.54. The van der Waals surface area contributed by atoms with Gasteiger partial charge in [0.25, 0.3) is 0 Å². The maximum atomic E-state index is 4.45. The highest BCUT2D eigenvalue weighted by Crippen LogP contribution is 2.20. The van der Waals surface area contributed by atoms with Crippen LogP contribution in [0.5, 0.6) is 0 Å². The van der Waals surface area contributed by atoms with E-state index in [0.717, 1.165) is 22.0 Å². The first-order valence-electron chi connectivity index (χ1n) is 5.19. The minimum atomic E-state index is 0.987. The minimum Gasteiger partial charge on any atom is -0.264 e. The maximum absolute atomic E-state index is 4.45. The molecule has 0 N–H and O–H groups in total. The lowest BCUT2D eigenvalue weighted by atomic mass is 10.1. The molecule has 0 unspecified atom stereocenters. The third kappa shape index (κ3) is 1.54. The Balaban J connectivity index is 2.19. The van der Waals surface area contributed by atoms with Crippen LogP contribution in [0.2, 0.25) is 0 Å². The SMILES string of the molecule is c1ccc(-c2cc3cnccc3cn2)cc1. The van der Waals surface area contributed by atoms with Gasteiger partial charge in [-0.05, 0) is 12.1 Å². The quantitative estimate of drug-likeness (QED) is 0.610. The highest BCUT2D eigenvalue weighted by molar-refractivity contribution is 5.84. The first-order valence-corrected chi connectivity index (χ1v) is 5.19. The summed E-state index contributed by atoms with van der Waals surface area (Å²) in [6.45, 7) is 0. The zero-order valence-corrected chi connectivity index (χ0v) is 8.67. The van der Waals surface area contributed by atoms with Gasteiger partial charge in [0.05, 0.1) is 5.69 Å². The van der Waals surface area contributed by atoms with Gasteiger partial charge in [-0.1, -0.05) is 30.3 Å². The van der Waals surface area contributed by atoms with E-state index in [9.17, 15) is 0 Å². The van der Waals surface area contributed by atoms with Gasteiger partial charge in [-0.2, -0.15) is 0 Å². The second-order valence-electron chi connectivity index (χ2n) is 3.66. The van der Waals surface area contributed by atoms with Crippen molar-refractivity contribution in [2.24, 2.45) is 0 Å². The van der Waals surface area contributed by atoms with E-state index in [1.165, 1.54) is 0 Å². The molecule has 16 heavy (non-hydrogen) atoms. The van der Waals surface area contributed by atoms with Gasteiger partial charge in [0.1, 0.15) is 0 Å². The summed E-state index contributed by atoms with van der Waals surface area (Å²) in [5.41, 5.74) is 2.12. The van der Waals surface area contributed by atoms with Gasteiger partial charge in [0.15, 0.2) is 0 Å². The van der Waals surface area contributed by atoms with Crippen LogP contribution in [0.25, 0.3) is 22.0 Å². The molecular formula is C14H10N2. The summed E-state index contributed by atoms with van der Waals surface area (Å²) in [5.74, 6) is 0. The van der Waals surface area contributed by atoms with Gasteiger partial charge in [0.2, 0.25) is 0 Å². The summed E-state index contributed by atoms with van der Waals surface area (Å²) in [4.78, 5) is 8.57. The van der Waals surface area contributed by atoms with Crippen molar-refractivity contribution in [3.8, 4) is 11.3 Å². The van der Waals surface area contributed by atoms with Crippen LogP contribution in [0.1, 0.15) is 0 Å². The van der Waals surface area contributed by atoms with Crippen molar-refractivity contribution in [3.05, 3.63) is 61.1 Å². The normalized spacial score (nSPS) is 10.5. The number of fused-ring (bicyclic) bond motifs is 1. The predicted molar refractivity (Wildman–Crippen MR) is 65.0 cm³/mol. The molecule has 0 saturated heterocycles. The van der Waals surface area contributed by atoms with Crippen LogP contribution >= 0.6 is 0 Å². The van der Waals surface area contributed by atoms with Crippen molar-refractivity contribution in [2.75, 3.05) is 0 Å². The predicted octanol–water partition coefficient (Wildman–Crippen LogP) is 3.30. The number of aromatic nitrogens is 2. The molecule has 0 atom stereocenters. The molecule has 2 nitrogen and oxygen atoms in total. The topological polar surface area (TPSA) is 25.8 Å². The van der Waals surface area contributed by atoms with Gasteiger partial charge in [-0.3, -0.25) is 9.97 Å². The number of hydrogen-bond acceptors (Lipinski definition) is 2. The van der Waals surface area contributed by atoms with E-state index in [1.807, 2.05) is 36.7 Å². The Morgan fingerprint density at radius 1 is 0.812 bits per heavy atom.